The molecule has 0 saturated carbocycles. The van der Waals surface area contributed by atoms with Crippen molar-refractivity contribution < 1.29 is 0 Å². The van der Waals surface area contributed by atoms with Gasteiger partial charge in [0, 0.05) is 11.0 Å². The second-order valence-electron chi connectivity index (χ2n) is 3.33. The Morgan fingerprint density at radius 3 is 2.43 bits per heavy atom. The molecule has 72 valence electrons. The van der Waals surface area contributed by atoms with E-state index < -0.39 is 0 Å². The van der Waals surface area contributed by atoms with Gasteiger partial charge in [-0.1, -0.05) is 59.6 Å². The highest BCUT2D eigenvalue weighted by atomic mass is 35.5. The van der Waals surface area contributed by atoms with Gasteiger partial charge in [-0.05, 0) is 18.1 Å². The molecule has 1 aliphatic rings. The molecule has 0 heterocycles. The minimum Gasteiger partial charge on any atom is -0.0875 e. The highest BCUT2D eigenvalue weighted by molar-refractivity contribution is 6.40. The zero-order chi connectivity index (χ0) is 9.97. The van der Waals surface area contributed by atoms with Crippen molar-refractivity contribution in [2.75, 3.05) is 0 Å². The fourth-order valence-corrected chi connectivity index (χ4v) is 1.96. The van der Waals surface area contributed by atoms with Crippen molar-refractivity contribution in [2.45, 2.75) is 12.3 Å². The fourth-order valence-electron chi connectivity index (χ4n) is 1.58. The van der Waals surface area contributed by atoms with Crippen molar-refractivity contribution in [3.8, 4) is 0 Å². The van der Waals surface area contributed by atoms with Crippen LogP contribution in [-0.2, 0) is 0 Å². The van der Waals surface area contributed by atoms with Crippen LogP contribution in [0.15, 0.2) is 52.5 Å². The summed E-state index contributed by atoms with van der Waals surface area (Å²) in [4.78, 5) is 0. The molecule has 0 spiro atoms. The van der Waals surface area contributed by atoms with Gasteiger partial charge in [0.15, 0.2) is 0 Å². The van der Waals surface area contributed by atoms with Gasteiger partial charge in [0.2, 0.25) is 0 Å². The van der Waals surface area contributed by atoms with Crippen LogP contribution in [0.25, 0.3) is 0 Å². The maximum atomic E-state index is 6.01. The fraction of sp³-hybridized carbons (Fsp3) is 0.167. The van der Waals surface area contributed by atoms with Crippen molar-refractivity contribution in [3.05, 3.63) is 58.1 Å². The van der Waals surface area contributed by atoms with Gasteiger partial charge in [-0.15, -0.1) is 0 Å². The molecule has 0 aromatic heterocycles. The molecule has 2 heteroatoms. The Kier molecular flexibility index (Phi) is 2.95. The summed E-state index contributed by atoms with van der Waals surface area (Å²) in [6.45, 7) is 0. The minimum absolute atomic E-state index is 0.367. The first-order valence-electron chi connectivity index (χ1n) is 4.54. The van der Waals surface area contributed by atoms with Crippen LogP contribution >= 0.6 is 23.2 Å². The summed E-state index contributed by atoms with van der Waals surface area (Å²) in [6.07, 6.45) is 4.79. The van der Waals surface area contributed by atoms with Gasteiger partial charge in [0.05, 0.1) is 5.03 Å². The summed E-state index contributed by atoms with van der Waals surface area (Å²) in [6, 6.07) is 10.3. The van der Waals surface area contributed by atoms with Crippen molar-refractivity contribution in [1.29, 1.82) is 0 Å². The first-order valence-corrected chi connectivity index (χ1v) is 5.30. The molecule has 0 N–H and O–H groups in total. The van der Waals surface area contributed by atoms with E-state index in [-0.39, 0.29) is 0 Å². The predicted octanol–water partition coefficient (Wildman–Crippen LogP) is 4.42. The molecule has 0 fully saturated rings. The Labute approximate surface area is 93.8 Å². The summed E-state index contributed by atoms with van der Waals surface area (Å²) in [5.41, 5.74) is 1.28. The number of hydrogen-bond acceptors (Lipinski definition) is 0. The Hall–Kier alpha value is -0.720. The lowest BCUT2D eigenvalue weighted by molar-refractivity contribution is 0.840. The topological polar surface area (TPSA) is 0 Å². The highest BCUT2D eigenvalue weighted by Crippen LogP contribution is 2.34. The normalized spacial score (nSPS) is 21.4. The molecule has 1 aliphatic carbocycles. The minimum atomic E-state index is 0.367. The molecular weight excluding hydrogens is 215 g/mol. The first-order chi connectivity index (χ1) is 6.77. The van der Waals surface area contributed by atoms with E-state index >= 15 is 0 Å². The lowest BCUT2D eigenvalue weighted by Gasteiger charge is -2.16. The van der Waals surface area contributed by atoms with Gasteiger partial charge in [0.1, 0.15) is 0 Å². The van der Waals surface area contributed by atoms with Gasteiger partial charge in [-0.25, -0.2) is 0 Å². The predicted molar refractivity (Wildman–Crippen MR) is 61.7 cm³/mol. The Morgan fingerprint density at radius 2 is 1.79 bits per heavy atom. The van der Waals surface area contributed by atoms with E-state index in [1.54, 1.807) is 0 Å². The third-order valence-electron chi connectivity index (χ3n) is 2.36. The second-order valence-corrected chi connectivity index (χ2v) is 4.20. The summed E-state index contributed by atoms with van der Waals surface area (Å²) >= 11 is 11.9. The molecule has 0 radical (unpaired) electrons. The molecule has 1 unspecified atom stereocenters. The van der Waals surface area contributed by atoms with E-state index in [1.807, 2.05) is 24.3 Å². The number of benzene rings is 1. The SMILES string of the molecule is ClC1=C(Cl)CC(c2ccccc2)C=C1. The zero-order valence-electron chi connectivity index (χ0n) is 7.58. The van der Waals surface area contributed by atoms with E-state index in [4.69, 9.17) is 23.2 Å². The third-order valence-corrected chi connectivity index (χ3v) is 3.17. The van der Waals surface area contributed by atoms with Gasteiger partial charge >= 0.3 is 0 Å². The highest BCUT2D eigenvalue weighted by Gasteiger charge is 2.15. The average Bonchev–Trinajstić information content (AvgIpc) is 2.23. The van der Waals surface area contributed by atoms with Crippen LogP contribution in [0.1, 0.15) is 17.9 Å². The Morgan fingerprint density at radius 1 is 1.07 bits per heavy atom. The number of allylic oxidation sites excluding steroid dienone is 4. The van der Waals surface area contributed by atoms with Gasteiger partial charge < -0.3 is 0 Å². The quantitative estimate of drug-likeness (QED) is 0.663. The van der Waals surface area contributed by atoms with Crippen LogP contribution in [0, 0.1) is 0 Å². The van der Waals surface area contributed by atoms with Gasteiger partial charge in [0.25, 0.3) is 0 Å². The molecular formula is C12H10Cl2. The van der Waals surface area contributed by atoms with Crippen LogP contribution in [0.4, 0.5) is 0 Å². The first kappa shape index (κ1) is 9.82. The number of rotatable bonds is 1. The summed E-state index contributed by atoms with van der Waals surface area (Å²) in [5.74, 6) is 0.367. The molecule has 0 aliphatic heterocycles. The average molecular weight is 225 g/mol. The number of halogens is 2. The van der Waals surface area contributed by atoms with Crippen LogP contribution in [0.5, 0.6) is 0 Å². The summed E-state index contributed by atoms with van der Waals surface area (Å²) < 4.78 is 0. The van der Waals surface area contributed by atoms with E-state index in [0.717, 1.165) is 11.5 Å². The smallest absolute Gasteiger partial charge is 0.0548 e. The molecule has 1 aromatic carbocycles. The molecule has 1 aromatic rings. The van der Waals surface area contributed by atoms with Crippen molar-refractivity contribution in [2.24, 2.45) is 0 Å². The molecule has 0 nitrogen and oxygen atoms in total. The maximum Gasteiger partial charge on any atom is 0.0548 e. The molecule has 1 atom stereocenters. The Bertz CT molecular complexity index is 377. The maximum absolute atomic E-state index is 6.01. The van der Waals surface area contributed by atoms with Crippen LogP contribution in [0.2, 0.25) is 0 Å². The van der Waals surface area contributed by atoms with E-state index in [2.05, 4.69) is 18.2 Å². The second kappa shape index (κ2) is 4.20. The molecule has 0 bridgehead atoms. The third kappa shape index (κ3) is 2.02. The lowest BCUT2D eigenvalue weighted by atomic mass is 9.92. The van der Waals surface area contributed by atoms with Crippen molar-refractivity contribution >= 4 is 23.2 Å². The zero-order valence-corrected chi connectivity index (χ0v) is 9.09. The number of hydrogen-bond donors (Lipinski definition) is 0. The van der Waals surface area contributed by atoms with Crippen LogP contribution in [-0.4, -0.2) is 0 Å². The van der Waals surface area contributed by atoms with Crippen LogP contribution < -0.4 is 0 Å². The van der Waals surface area contributed by atoms with Gasteiger partial charge in [-0.2, -0.15) is 0 Å². The molecule has 2 rings (SSSR count). The van der Waals surface area contributed by atoms with Crippen molar-refractivity contribution in [3.63, 3.8) is 0 Å². The monoisotopic (exact) mass is 224 g/mol. The molecule has 14 heavy (non-hydrogen) atoms. The summed E-state index contributed by atoms with van der Waals surface area (Å²) in [7, 11) is 0. The van der Waals surface area contributed by atoms with E-state index in [9.17, 15) is 0 Å². The van der Waals surface area contributed by atoms with Gasteiger partial charge in [-0.3, -0.25) is 0 Å². The molecule has 0 amide bonds. The van der Waals surface area contributed by atoms with Crippen molar-refractivity contribution in [1.82, 2.24) is 0 Å². The Balaban J connectivity index is 2.22. The lowest BCUT2D eigenvalue weighted by Crippen LogP contribution is -1.99. The largest absolute Gasteiger partial charge is 0.0875 e. The standard InChI is InChI=1S/C12H10Cl2/c13-11-7-6-10(8-12(11)14)9-4-2-1-3-5-9/h1-7,10H,8H2. The van der Waals surface area contributed by atoms with Crippen LogP contribution in [0.3, 0.4) is 0 Å². The van der Waals surface area contributed by atoms with E-state index in [0.29, 0.717) is 11.0 Å². The summed E-state index contributed by atoms with van der Waals surface area (Å²) in [5, 5.41) is 1.42. The molecule has 0 saturated heterocycles. The van der Waals surface area contributed by atoms with E-state index in [1.165, 1.54) is 5.56 Å².